The minimum atomic E-state index is -1.21. The Bertz CT molecular complexity index is 156. The van der Waals surface area contributed by atoms with Gasteiger partial charge in [0.2, 0.25) is 0 Å². The Kier molecular flexibility index (Phi) is 2.70. The summed E-state index contributed by atoms with van der Waals surface area (Å²) in [6.07, 6.45) is 0. The Balaban J connectivity index is 2.64. The molecule has 0 aromatic carbocycles. The first-order valence-electron chi connectivity index (χ1n) is 3.35. The predicted octanol–water partition coefficient (Wildman–Crippen LogP) is -0.332. The van der Waals surface area contributed by atoms with Crippen LogP contribution in [-0.2, 0) is 9.53 Å². The van der Waals surface area contributed by atoms with E-state index in [9.17, 15) is 4.79 Å². The smallest absolute Gasteiger partial charge is 0.338 e. The molecule has 0 saturated carbocycles. The van der Waals surface area contributed by atoms with Crippen molar-refractivity contribution in [2.45, 2.75) is 5.60 Å². The molecule has 0 aromatic rings. The second kappa shape index (κ2) is 3.38. The molecule has 1 aliphatic rings. The van der Waals surface area contributed by atoms with Gasteiger partial charge >= 0.3 is 5.97 Å². The van der Waals surface area contributed by atoms with Crippen LogP contribution in [0.3, 0.4) is 0 Å². The second-order valence-corrected chi connectivity index (χ2v) is 2.73. The summed E-state index contributed by atoms with van der Waals surface area (Å²) in [6, 6.07) is 0. The number of rotatable bonds is 2. The molecule has 5 heteroatoms. The number of carboxylic acids is 1. The van der Waals surface area contributed by atoms with E-state index in [1.165, 1.54) is 0 Å². The van der Waals surface area contributed by atoms with E-state index in [-0.39, 0.29) is 12.4 Å². The molecule has 64 valence electrons. The topological polar surface area (TPSA) is 58.6 Å². The number of nitrogens with one attached hydrogen (secondary N) is 1. The van der Waals surface area contributed by atoms with Crippen LogP contribution in [0.25, 0.3) is 0 Å². The van der Waals surface area contributed by atoms with Crippen molar-refractivity contribution in [2.75, 3.05) is 25.6 Å². The molecule has 11 heavy (non-hydrogen) atoms. The monoisotopic (exact) mass is 179 g/mol. The highest BCUT2D eigenvalue weighted by molar-refractivity contribution is 6.20. The van der Waals surface area contributed by atoms with Gasteiger partial charge in [-0.1, -0.05) is 0 Å². The van der Waals surface area contributed by atoms with Gasteiger partial charge in [-0.05, 0) is 0 Å². The molecular formula is C6H10ClNO3. The summed E-state index contributed by atoms with van der Waals surface area (Å²) in [5, 5.41) is 11.7. The van der Waals surface area contributed by atoms with Crippen molar-refractivity contribution in [1.29, 1.82) is 0 Å². The number of hydrogen-bond acceptors (Lipinski definition) is 3. The summed E-state index contributed by atoms with van der Waals surface area (Å²) in [4.78, 5) is 10.7. The molecule has 4 nitrogen and oxygen atoms in total. The van der Waals surface area contributed by atoms with Gasteiger partial charge in [0.25, 0.3) is 0 Å². The zero-order chi connectivity index (χ0) is 8.32. The lowest BCUT2D eigenvalue weighted by atomic mass is 10.1. The fourth-order valence-electron chi connectivity index (χ4n) is 0.940. The van der Waals surface area contributed by atoms with Crippen molar-refractivity contribution in [3.63, 3.8) is 0 Å². The van der Waals surface area contributed by atoms with Crippen LogP contribution in [0.1, 0.15) is 0 Å². The maximum Gasteiger partial charge on any atom is 0.338 e. The maximum atomic E-state index is 10.7. The van der Waals surface area contributed by atoms with Gasteiger partial charge in [0, 0.05) is 13.1 Å². The number of aliphatic carboxylic acids is 1. The Morgan fingerprint density at radius 2 is 2.55 bits per heavy atom. The number of hydrogen-bond donors (Lipinski definition) is 2. The number of ether oxygens (including phenoxy) is 1. The Hall–Kier alpha value is -0.320. The molecular weight excluding hydrogens is 170 g/mol. The molecule has 0 amide bonds. The zero-order valence-corrected chi connectivity index (χ0v) is 6.73. The van der Waals surface area contributed by atoms with Crippen LogP contribution in [-0.4, -0.2) is 42.3 Å². The Morgan fingerprint density at radius 1 is 1.82 bits per heavy atom. The van der Waals surface area contributed by atoms with Crippen molar-refractivity contribution in [1.82, 2.24) is 5.32 Å². The van der Waals surface area contributed by atoms with E-state index < -0.39 is 11.6 Å². The van der Waals surface area contributed by atoms with E-state index >= 15 is 0 Å². The van der Waals surface area contributed by atoms with E-state index in [0.717, 1.165) is 0 Å². The van der Waals surface area contributed by atoms with E-state index in [1.807, 2.05) is 0 Å². The standard InChI is InChI=1S/C6H10ClNO3/c7-3-6(5(9)10)4-8-1-2-11-6/h8H,1-4H2,(H,9,10). The molecule has 0 aromatic heterocycles. The van der Waals surface area contributed by atoms with Gasteiger partial charge < -0.3 is 15.2 Å². The first kappa shape index (κ1) is 8.77. The summed E-state index contributed by atoms with van der Waals surface area (Å²) in [7, 11) is 0. The third-order valence-electron chi connectivity index (χ3n) is 1.67. The molecule has 1 saturated heterocycles. The molecule has 1 atom stereocenters. The molecule has 1 unspecified atom stereocenters. The fraction of sp³-hybridized carbons (Fsp3) is 0.833. The second-order valence-electron chi connectivity index (χ2n) is 2.46. The summed E-state index contributed by atoms with van der Waals surface area (Å²) in [5.74, 6) is -1.02. The van der Waals surface area contributed by atoms with Crippen molar-refractivity contribution in [3.05, 3.63) is 0 Å². The molecule has 0 spiro atoms. The molecule has 1 rings (SSSR count). The molecule has 1 heterocycles. The van der Waals surface area contributed by atoms with Crippen molar-refractivity contribution in [3.8, 4) is 0 Å². The first-order chi connectivity index (χ1) is 5.21. The molecule has 1 aliphatic heterocycles. The van der Waals surface area contributed by atoms with Crippen LogP contribution in [0.15, 0.2) is 0 Å². The van der Waals surface area contributed by atoms with Gasteiger partial charge in [-0.2, -0.15) is 0 Å². The van der Waals surface area contributed by atoms with E-state index in [0.29, 0.717) is 13.2 Å². The molecule has 1 fully saturated rings. The number of halogens is 1. The third kappa shape index (κ3) is 1.64. The Morgan fingerprint density at radius 3 is 2.82 bits per heavy atom. The van der Waals surface area contributed by atoms with Gasteiger partial charge in [0.15, 0.2) is 5.60 Å². The highest BCUT2D eigenvalue weighted by atomic mass is 35.5. The van der Waals surface area contributed by atoms with Crippen molar-refractivity contribution < 1.29 is 14.6 Å². The van der Waals surface area contributed by atoms with E-state index in [1.54, 1.807) is 0 Å². The molecule has 0 bridgehead atoms. The number of morpholine rings is 1. The third-order valence-corrected chi connectivity index (χ3v) is 2.11. The Labute approximate surface area is 69.5 Å². The lowest BCUT2D eigenvalue weighted by molar-refractivity contribution is -0.165. The minimum absolute atomic E-state index is 0.0185. The highest BCUT2D eigenvalue weighted by Gasteiger charge is 2.40. The van der Waals surface area contributed by atoms with Gasteiger partial charge in [-0.25, -0.2) is 4.79 Å². The predicted molar refractivity (Wildman–Crippen MR) is 39.9 cm³/mol. The highest BCUT2D eigenvalue weighted by Crippen LogP contribution is 2.15. The molecule has 0 radical (unpaired) electrons. The number of carboxylic acid groups (broad SMARTS) is 1. The quantitative estimate of drug-likeness (QED) is 0.570. The number of alkyl halides is 1. The van der Waals surface area contributed by atoms with Gasteiger partial charge in [-0.15, -0.1) is 11.6 Å². The average Bonchev–Trinajstić information content (AvgIpc) is 2.05. The van der Waals surface area contributed by atoms with Gasteiger partial charge in [0.05, 0.1) is 12.5 Å². The van der Waals surface area contributed by atoms with E-state index in [4.69, 9.17) is 21.4 Å². The average molecular weight is 180 g/mol. The maximum absolute atomic E-state index is 10.7. The minimum Gasteiger partial charge on any atom is -0.479 e. The fourth-order valence-corrected chi connectivity index (χ4v) is 1.23. The molecule has 2 N–H and O–H groups in total. The van der Waals surface area contributed by atoms with Crippen molar-refractivity contribution >= 4 is 17.6 Å². The summed E-state index contributed by atoms with van der Waals surface area (Å²) >= 11 is 5.49. The van der Waals surface area contributed by atoms with Crippen LogP contribution in [0.4, 0.5) is 0 Å². The van der Waals surface area contributed by atoms with Crippen LogP contribution in [0, 0.1) is 0 Å². The number of carbonyl (C=O) groups is 1. The van der Waals surface area contributed by atoms with Crippen LogP contribution >= 0.6 is 11.6 Å². The summed E-state index contributed by atoms with van der Waals surface area (Å²) in [5.41, 5.74) is -1.21. The first-order valence-corrected chi connectivity index (χ1v) is 3.89. The van der Waals surface area contributed by atoms with Gasteiger partial charge in [0.1, 0.15) is 0 Å². The van der Waals surface area contributed by atoms with E-state index in [2.05, 4.69) is 5.32 Å². The van der Waals surface area contributed by atoms with Crippen LogP contribution < -0.4 is 5.32 Å². The zero-order valence-electron chi connectivity index (χ0n) is 5.97. The van der Waals surface area contributed by atoms with Crippen LogP contribution in [0.2, 0.25) is 0 Å². The lowest BCUT2D eigenvalue weighted by Crippen LogP contribution is -2.56. The normalized spacial score (nSPS) is 31.7. The lowest BCUT2D eigenvalue weighted by Gasteiger charge is -2.31. The molecule has 0 aliphatic carbocycles. The SMILES string of the molecule is O=C(O)C1(CCl)CNCCO1. The van der Waals surface area contributed by atoms with Crippen LogP contribution in [0.5, 0.6) is 0 Å². The van der Waals surface area contributed by atoms with Crippen molar-refractivity contribution in [2.24, 2.45) is 0 Å². The summed E-state index contributed by atoms with van der Waals surface area (Å²) in [6.45, 7) is 1.37. The van der Waals surface area contributed by atoms with Gasteiger partial charge in [-0.3, -0.25) is 0 Å². The summed E-state index contributed by atoms with van der Waals surface area (Å²) < 4.78 is 5.08. The largest absolute Gasteiger partial charge is 0.479 e.